The highest BCUT2D eigenvalue weighted by atomic mass is 35.5. The zero-order valence-corrected chi connectivity index (χ0v) is 51.6. The van der Waals surface area contributed by atoms with Gasteiger partial charge in [-0.05, 0) is 97.1 Å². The highest BCUT2D eigenvalue weighted by Gasteiger charge is 2.34. The highest BCUT2D eigenvalue weighted by molar-refractivity contribution is 6.29. The van der Waals surface area contributed by atoms with Crippen LogP contribution in [0, 0.1) is 0 Å². The molecule has 6 fully saturated rings. The molecule has 4 aromatic rings. The number of amides is 3. The first-order valence-electron chi connectivity index (χ1n) is 28.5. The van der Waals surface area contributed by atoms with Crippen molar-refractivity contribution in [2.45, 2.75) is 79.1 Å². The molecule has 33 heteroatoms. The summed E-state index contributed by atoms with van der Waals surface area (Å²) >= 11 is 19.7. The summed E-state index contributed by atoms with van der Waals surface area (Å²) in [5.74, 6) is 4.37. The number of piperazine rings is 6. The third kappa shape index (κ3) is 15.2. The van der Waals surface area contributed by atoms with Crippen LogP contribution in [0.4, 0.5) is 67.9 Å². The van der Waals surface area contributed by atoms with Crippen LogP contribution in [0.3, 0.4) is 0 Å². The fourth-order valence-electron chi connectivity index (χ4n) is 10.2. The summed E-state index contributed by atoms with van der Waals surface area (Å²) in [6.45, 7) is 29.0. The number of ether oxygens (including phenoxy) is 3. The van der Waals surface area contributed by atoms with Crippen LogP contribution in [0.15, 0.2) is 0 Å². The standard InChI is InChI=1S/C51H75Cl3N24O6/c1-49(2,3)82-46(79)76-28-22-70(23-29-76)40-58-34(52)55-37(61-40)67-10-16-73(17-11-67)43-64-44(74-18-12-68(13-19-74)38-56-35(53)59-41(62-38)71-24-30-77(31-25-71)47(80)83-50(4,5)6)66-45(65-43)75-20-14-69(15-21-75)39-57-36(54)60-42(63-39)72-26-32-78(33-27-72)48(81)84-51(7,8)9/h10-33H2,1-9H3. The van der Waals surface area contributed by atoms with Crippen molar-refractivity contribution < 1.29 is 28.6 Å². The molecule has 0 radical (unpaired) electrons. The van der Waals surface area contributed by atoms with E-state index in [-0.39, 0.29) is 34.1 Å². The Kier molecular flexibility index (Phi) is 17.8. The van der Waals surface area contributed by atoms with E-state index in [1.54, 1.807) is 14.7 Å². The van der Waals surface area contributed by atoms with E-state index < -0.39 is 16.8 Å². The molecule has 30 nitrogen and oxygen atoms in total. The molecule has 10 rings (SSSR count). The predicted molar refractivity (Wildman–Crippen MR) is 318 cm³/mol. The van der Waals surface area contributed by atoms with E-state index in [1.807, 2.05) is 77.0 Å². The molecule has 0 atom stereocenters. The van der Waals surface area contributed by atoms with Crippen molar-refractivity contribution in [1.29, 1.82) is 0 Å². The third-order valence-electron chi connectivity index (χ3n) is 14.5. The Bertz CT molecular complexity index is 2650. The molecular formula is C51H75Cl3N24O6. The first kappa shape index (κ1) is 60.1. The maximum Gasteiger partial charge on any atom is 0.410 e. The van der Waals surface area contributed by atoms with Crippen molar-refractivity contribution in [3.05, 3.63) is 15.9 Å². The summed E-state index contributed by atoms with van der Waals surface area (Å²) in [5, 5.41) is 0.257. The average Bonchev–Trinajstić information content (AvgIpc) is 2.93. The molecule has 456 valence electrons. The summed E-state index contributed by atoms with van der Waals surface area (Å²) in [7, 11) is 0. The molecule has 0 bridgehead atoms. The lowest BCUT2D eigenvalue weighted by molar-refractivity contribution is 0.0229. The number of anilines is 9. The Balaban J connectivity index is 0.821. The minimum atomic E-state index is -0.589. The number of aromatic nitrogens is 12. The minimum absolute atomic E-state index is 0.0856. The smallest absolute Gasteiger partial charge is 0.410 e. The van der Waals surface area contributed by atoms with E-state index in [0.717, 1.165) is 0 Å². The number of carbonyl (C=O) groups excluding carboxylic acids is 3. The van der Waals surface area contributed by atoms with Crippen molar-refractivity contribution in [3.63, 3.8) is 0 Å². The third-order valence-corrected chi connectivity index (χ3v) is 15.0. The SMILES string of the molecule is CC(C)(C)OC(=O)N1CCN(c2nc(Cl)nc(N3CCN(c4nc(N5CCN(c6nc(Cl)nc(N7CCN(C(=O)OC(C)(C)C)CC7)n6)CC5)nc(N5CCN(c6nc(Cl)nc(N7CCN(C(=O)OC(C)(C)C)CC7)n6)CC5)n4)CC3)n2)CC1. The van der Waals surface area contributed by atoms with E-state index in [0.29, 0.717) is 211 Å². The van der Waals surface area contributed by atoms with E-state index in [1.165, 1.54) is 0 Å². The molecule has 0 N–H and O–H groups in total. The quantitative estimate of drug-likeness (QED) is 0.217. The van der Waals surface area contributed by atoms with Gasteiger partial charge in [-0.25, -0.2) is 14.4 Å². The van der Waals surface area contributed by atoms with Crippen molar-refractivity contribution in [2.75, 3.05) is 201 Å². The van der Waals surface area contributed by atoms with E-state index in [2.05, 4.69) is 59.3 Å². The number of nitrogens with zero attached hydrogens (tertiary/aromatic N) is 24. The van der Waals surface area contributed by atoms with Gasteiger partial charge in [0.05, 0.1) is 0 Å². The molecule has 0 spiro atoms. The molecular weight excluding hydrogens is 1150 g/mol. The van der Waals surface area contributed by atoms with Gasteiger partial charge in [0.15, 0.2) is 0 Å². The lowest BCUT2D eigenvalue weighted by atomic mass is 10.2. The fourth-order valence-corrected chi connectivity index (χ4v) is 10.6. The van der Waals surface area contributed by atoms with Crippen LogP contribution in [-0.4, -0.2) is 267 Å². The number of carbonyl (C=O) groups is 3. The van der Waals surface area contributed by atoms with Crippen molar-refractivity contribution in [2.24, 2.45) is 0 Å². The van der Waals surface area contributed by atoms with E-state index >= 15 is 0 Å². The Morgan fingerprint density at radius 3 is 0.536 bits per heavy atom. The summed E-state index contributed by atoms with van der Waals surface area (Å²) in [6.07, 6.45) is -1.04. The molecule has 6 aliphatic heterocycles. The van der Waals surface area contributed by atoms with Crippen LogP contribution >= 0.6 is 34.8 Å². The second kappa shape index (κ2) is 24.9. The second-order valence-corrected chi connectivity index (χ2v) is 25.1. The van der Waals surface area contributed by atoms with Gasteiger partial charge < -0.3 is 73.0 Å². The largest absolute Gasteiger partial charge is 0.444 e. The molecule has 6 saturated heterocycles. The van der Waals surface area contributed by atoms with Gasteiger partial charge >= 0.3 is 18.3 Å². The molecule has 0 saturated carbocycles. The maximum atomic E-state index is 12.8. The van der Waals surface area contributed by atoms with Crippen molar-refractivity contribution in [3.8, 4) is 0 Å². The monoisotopic (exact) mass is 1220 g/mol. The van der Waals surface area contributed by atoms with E-state index in [9.17, 15) is 14.4 Å². The molecule has 0 aromatic carbocycles. The summed E-state index contributed by atoms with van der Waals surface area (Å²) < 4.78 is 16.8. The lowest BCUT2D eigenvalue weighted by Gasteiger charge is -2.39. The van der Waals surface area contributed by atoms with Crippen LogP contribution < -0.4 is 44.1 Å². The second-order valence-electron chi connectivity index (χ2n) is 24.1. The van der Waals surface area contributed by atoms with Gasteiger partial charge in [0.2, 0.25) is 69.4 Å². The summed E-state index contributed by atoms with van der Waals surface area (Å²) in [4.78, 5) is 119. The van der Waals surface area contributed by atoms with Gasteiger partial charge in [-0.1, -0.05) is 0 Å². The zero-order chi connectivity index (χ0) is 59.7. The van der Waals surface area contributed by atoms with Crippen LogP contribution in [0.2, 0.25) is 15.9 Å². The molecule has 84 heavy (non-hydrogen) atoms. The normalized spacial score (nSPS) is 18.9. The van der Waals surface area contributed by atoms with E-state index in [4.69, 9.17) is 78.9 Å². The predicted octanol–water partition coefficient (Wildman–Crippen LogP) is 3.54. The number of halogens is 3. The number of rotatable bonds is 9. The Morgan fingerprint density at radius 1 is 0.262 bits per heavy atom. The first-order valence-corrected chi connectivity index (χ1v) is 29.7. The first-order chi connectivity index (χ1) is 39.8. The molecule has 0 unspecified atom stereocenters. The van der Waals surface area contributed by atoms with Crippen LogP contribution in [0.1, 0.15) is 62.3 Å². The molecule has 3 amide bonds. The fraction of sp³-hybridized carbons (Fsp3) is 0.706. The highest BCUT2D eigenvalue weighted by Crippen LogP contribution is 2.28. The molecule has 4 aromatic heterocycles. The van der Waals surface area contributed by atoms with Crippen molar-refractivity contribution >= 4 is 107 Å². The maximum absolute atomic E-state index is 12.8. The zero-order valence-electron chi connectivity index (χ0n) is 49.3. The van der Waals surface area contributed by atoms with Gasteiger partial charge in [-0.15, -0.1) is 0 Å². The summed E-state index contributed by atoms with van der Waals surface area (Å²) in [5.41, 5.74) is -1.77. The topological polar surface area (TPSA) is 272 Å². The van der Waals surface area contributed by atoms with Gasteiger partial charge in [0, 0.05) is 157 Å². The molecule has 6 aliphatic rings. The minimum Gasteiger partial charge on any atom is -0.444 e. The van der Waals surface area contributed by atoms with Gasteiger partial charge in [-0.3, -0.25) is 0 Å². The number of hydrogen-bond donors (Lipinski definition) is 0. The molecule has 0 aliphatic carbocycles. The Labute approximate surface area is 503 Å². The lowest BCUT2D eigenvalue weighted by Crippen LogP contribution is -2.51. The van der Waals surface area contributed by atoms with Gasteiger partial charge in [0.1, 0.15) is 16.8 Å². The van der Waals surface area contributed by atoms with Crippen LogP contribution in [0.25, 0.3) is 0 Å². The van der Waals surface area contributed by atoms with Crippen LogP contribution in [0.5, 0.6) is 0 Å². The Morgan fingerprint density at radius 2 is 0.393 bits per heavy atom. The molecule has 10 heterocycles. The summed E-state index contributed by atoms with van der Waals surface area (Å²) in [6, 6.07) is 0. The van der Waals surface area contributed by atoms with Gasteiger partial charge in [0.25, 0.3) is 0 Å². The number of hydrogen-bond acceptors (Lipinski definition) is 27. The average molecular weight is 1230 g/mol. The van der Waals surface area contributed by atoms with Gasteiger partial charge in [-0.2, -0.15) is 59.8 Å². The van der Waals surface area contributed by atoms with Crippen molar-refractivity contribution in [1.82, 2.24) is 74.5 Å². The Hall–Kier alpha value is -7.08. The van der Waals surface area contributed by atoms with Crippen LogP contribution in [-0.2, 0) is 14.2 Å².